The molecule has 0 aliphatic heterocycles. The van der Waals surface area contributed by atoms with Crippen LogP contribution in [-0.4, -0.2) is 11.3 Å². The molecule has 0 aromatic heterocycles. The Hall–Kier alpha value is -2.61. The molecular formula is C25H29NO. The van der Waals surface area contributed by atoms with Gasteiger partial charge in [-0.05, 0) is 51.4 Å². The fourth-order valence-electron chi connectivity index (χ4n) is 3.28. The summed E-state index contributed by atoms with van der Waals surface area (Å²) < 4.78 is 0. The average Bonchev–Trinajstić information content (AvgIpc) is 2.58. The Morgan fingerprint density at radius 1 is 0.741 bits per heavy atom. The summed E-state index contributed by atoms with van der Waals surface area (Å²) in [6, 6.07) is 18.6. The number of phenols is 1. The predicted molar refractivity (Wildman–Crippen MR) is 117 cm³/mol. The van der Waals surface area contributed by atoms with Gasteiger partial charge in [-0.3, -0.25) is 4.99 Å². The first kappa shape index (κ1) is 19.2. The Kier molecular flexibility index (Phi) is 4.86. The van der Waals surface area contributed by atoms with Gasteiger partial charge in [0.1, 0.15) is 5.75 Å². The molecule has 140 valence electrons. The number of aliphatic imine (C=N–C) groups is 1. The van der Waals surface area contributed by atoms with E-state index in [0.717, 1.165) is 22.4 Å². The fraction of sp³-hybridized carbons (Fsp3) is 0.320. The maximum atomic E-state index is 10.8. The maximum absolute atomic E-state index is 10.8. The molecule has 0 aliphatic rings. The summed E-state index contributed by atoms with van der Waals surface area (Å²) in [5.74, 6) is 0.401. The molecular weight excluding hydrogens is 330 g/mol. The Balaban J connectivity index is 2.06. The molecule has 0 amide bonds. The number of phenolic OH excluding ortho intramolecular Hbond substituents is 1. The molecule has 2 heteroatoms. The molecule has 1 N–H and O–H groups in total. The Morgan fingerprint density at radius 3 is 1.85 bits per heavy atom. The first-order valence-electron chi connectivity index (χ1n) is 9.46. The highest BCUT2D eigenvalue weighted by Crippen LogP contribution is 2.39. The lowest BCUT2D eigenvalue weighted by atomic mass is 9.78. The number of hydrogen-bond acceptors (Lipinski definition) is 2. The van der Waals surface area contributed by atoms with Crippen LogP contribution >= 0.6 is 0 Å². The maximum Gasteiger partial charge on any atom is 0.123 e. The molecule has 0 bridgehead atoms. The average molecular weight is 360 g/mol. The van der Waals surface area contributed by atoms with Crippen molar-refractivity contribution >= 4 is 22.7 Å². The highest BCUT2D eigenvalue weighted by Gasteiger charge is 2.26. The van der Waals surface area contributed by atoms with Gasteiger partial charge in [0, 0.05) is 17.3 Å². The molecule has 0 saturated heterocycles. The Bertz CT molecular complexity index is 966. The molecule has 0 atom stereocenters. The van der Waals surface area contributed by atoms with Crippen LogP contribution in [0.2, 0.25) is 0 Å². The second-order valence-electron chi connectivity index (χ2n) is 9.25. The topological polar surface area (TPSA) is 32.6 Å². The largest absolute Gasteiger partial charge is 0.507 e. The van der Waals surface area contributed by atoms with Crippen LogP contribution in [0.5, 0.6) is 5.75 Å². The summed E-state index contributed by atoms with van der Waals surface area (Å²) >= 11 is 0. The third-order valence-corrected chi connectivity index (χ3v) is 4.84. The second-order valence-corrected chi connectivity index (χ2v) is 9.25. The third-order valence-electron chi connectivity index (χ3n) is 4.84. The van der Waals surface area contributed by atoms with Gasteiger partial charge < -0.3 is 5.11 Å². The molecule has 0 fully saturated rings. The Labute approximate surface area is 162 Å². The SMILES string of the molecule is CC(C)(C)c1cc(C=Nc2ccc3ccccc3c2)cc(C(C)(C)C)c1O. The summed E-state index contributed by atoms with van der Waals surface area (Å²) in [7, 11) is 0. The quantitative estimate of drug-likeness (QED) is 0.496. The number of rotatable bonds is 2. The highest BCUT2D eigenvalue weighted by molar-refractivity contribution is 5.88. The lowest BCUT2D eigenvalue weighted by molar-refractivity contribution is 0.423. The van der Waals surface area contributed by atoms with Crippen molar-refractivity contribution in [1.82, 2.24) is 0 Å². The third kappa shape index (κ3) is 4.21. The first-order valence-corrected chi connectivity index (χ1v) is 9.46. The number of nitrogens with zero attached hydrogens (tertiary/aromatic N) is 1. The fourth-order valence-corrected chi connectivity index (χ4v) is 3.28. The normalized spacial score (nSPS) is 12.8. The second kappa shape index (κ2) is 6.84. The van der Waals surface area contributed by atoms with E-state index in [1.807, 2.05) is 24.4 Å². The highest BCUT2D eigenvalue weighted by atomic mass is 16.3. The molecule has 3 rings (SSSR count). The van der Waals surface area contributed by atoms with Gasteiger partial charge in [0.25, 0.3) is 0 Å². The standard InChI is InChI=1S/C25H29NO/c1-24(2,3)21-13-17(14-22(23(21)27)25(4,5)6)16-26-20-12-11-18-9-7-8-10-19(18)15-20/h7-16,27H,1-6H3. The van der Waals surface area contributed by atoms with E-state index in [9.17, 15) is 5.11 Å². The van der Waals surface area contributed by atoms with Crippen LogP contribution < -0.4 is 0 Å². The van der Waals surface area contributed by atoms with Crippen LogP contribution in [0.1, 0.15) is 58.2 Å². The van der Waals surface area contributed by atoms with Crippen molar-refractivity contribution in [3.63, 3.8) is 0 Å². The van der Waals surface area contributed by atoms with Gasteiger partial charge >= 0.3 is 0 Å². The van der Waals surface area contributed by atoms with E-state index in [2.05, 4.69) is 77.9 Å². The van der Waals surface area contributed by atoms with Gasteiger partial charge in [-0.1, -0.05) is 71.9 Å². The summed E-state index contributed by atoms with van der Waals surface area (Å²) in [4.78, 5) is 4.70. The van der Waals surface area contributed by atoms with Gasteiger partial charge in [-0.2, -0.15) is 0 Å². The van der Waals surface area contributed by atoms with Crippen LogP contribution in [0.25, 0.3) is 10.8 Å². The van der Waals surface area contributed by atoms with Crippen LogP contribution in [0.15, 0.2) is 59.6 Å². The molecule has 27 heavy (non-hydrogen) atoms. The lowest BCUT2D eigenvalue weighted by Gasteiger charge is -2.27. The minimum Gasteiger partial charge on any atom is -0.507 e. The summed E-state index contributed by atoms with van der Waals surface area (Å²) in [5, 5.41) is 13.2. The van der Waals surface area contributed by atoms with Gasteiger partial charge in [0.05, 0.1) is 5.69 Å². The minimum atomic E-state index is -0.142. The van der Waals surface area contributed by atoms with E-state index in [1.165, 1.54) is 10.8 Å². The van der Waals surface area contributed by atoms with Crippen molar-refractivity contribution in [3.05, 3.63) is 71.3 Å². The molecule has 0 heterocycles. The summed E-state index contributed by atoms with van der Waals surface area (Å²) in [5.41, 5.74) is 3.56. The molecule has 3 aromatic carbocycles. The van der Waals surface area contributed by atoms with E-state index in [-0.39, 0.29) is 10.8 Å². The van der Waals surface area contributed by atoms with Crippen LogP contribution in [0, 0.1) is 0 Å². The monoisotopic (exact) mass is 359 g/mol. The zero-order valence-corrected chi connectivity index (χ0v) is 17.2. The number of aromatic hydroxyl groups is 1. The van der Waals surface area contributed by atoms with Gasteiger partial charge in [0.2, 0.25) is 0 Å². The number of fused-ring (bicyclic) bond motifs is 1. The van der Waals surface area contributed by atoms with Crippen LogP contribution in [0.4, 0.5) is 5.69 Å². The van der Waals surface area contributed by atoms with Gasteiger partial charge in [0.15, 0.2) is 0 Å². The van der Waals surface area contributed by atoms with Crippen molar-refractivity contribution in [3.8, 4) is 5.75 Å². The Morgan fingerprint density at radius 2 is 1.30 bits per heavy atom. The number of benzene rings is 3. The number of hydrogen-bond donors (Lipinski definition) is 1. The van der Waals surface area contributed by atoms with Crippen LogP contribution in [0.3, 0.4) is 0 Å². The smallest absolute Gasteiger partial charge is 0.123 e. The van der Waals surface area contributed by atoms with E-state index in [1.54, 1.807) is 0 Å². The molecule has 3 aromatic rings. The van der Waals surface area contributed by atoms with E-state index in [0.29, 0.717) is 5.75 Å². The van der Waals surface area contributed by atoms with Crippen molar-refractivity contribution < 1.29 is 5.11 Å². The molecule has 0 spiro atoms. The van der Waals surface area contributed by atoms with Gasteiger partial charge in [-0.15, -0.1) is 0 Å². The minimum absolute atomic E-state index is 0.142. The van der Waals surface area contributed by atoms with E-state index in [4.69, 9.17) is 4.99 Å². The summed E-state index contributed by atoms with van der Waals surface area (Å²) in [6.07, 6.45) is 1.90. The van der Waals surface area contributed by atoms with Crippen molar-refractivity contribution in [2.45, 2.75) is 52.4 Å². The van der Waals surface area contributed by atoms with Crippen molar-refractivity contribution in [2.24, 2.45) is 4.99 Å². The zero-order chi connectivity index (χ0) is 19.8. The molecule has 2 nitrogen and oxygen atoms in total. The predicted octanol–water partition coefficient (Wildman–Crippen LogP) is 6.89. The van der Waals surface area contributed by atoms with E-state index < -0.39 is 0 Å². The van der Waals surface area contributed by atoms with Crippen LogP contribution in [-0.2, 0) is 10.8 Å². The molecule has 0 unspecified atom stereocenters. The van der Waals surface area contributed by atoms with Crippen molar-refractivity contribution in [1.29, 1.82) is 0 Å². The molecule has 0 radical (unpaired) electrons. The van der Waals surface area contributed by atoms with E-state index >= 15 is 0 Å². The molecule has 0 aliphatic carbocycles. The molecule has 0 saturated carbocycles. The lowest BCUT2D eigenvalue weighted by Crippen LogP contribution is -2.17. The summed E-state index contributed by atoms with van der Waals surface area (Å²) in [6.45, 7) is 12.7. The van der Waals surface area contributed by atoms with Gasteiger partial charge in [-0.25, -0.2) is 0 Å². The van der Waals surface area contributed by atoms with Crippen molar-refractivity contribution in [2.75, 3.05) is 0 Å². The first-order chi connectivity index (χ1) is 12.6. The zero-order valence-electron chi connectivity index (χ0n) is 17.2.